The second kappa shape index (κ2) is 4.52. The van der Waals surface area contributed by atoms with E-state index in [-0.39, 0.29) is 11.9 Å². The van der Waals surface area contributed by atoms with Crippen LogP contribution in [0.15, 0.2) is 0 Å². The van der Waals surface area contributed by atoms with Crippen molar-refractivity contribution in [1.29, 1.82) is 0 Å². The smallest absolute Gasteiger partial charge is 0.308 e. The Morgan fingerprint density at radius 2 is 2.33 bits per heavy atom. The van der Waals surface area contributed by atoms with Gasteiger partial charge in [0.25, 0.3) is 0 Å². The molecule has 2 aliphatic rings. The first-order valence-electron chi connectivity index (χ1n) is 6.04. The summed E-state index contributed by atoms with van der Waals surface area (Å²) < 4.78 is 10.8. The van der Waals surface area contributed by atoms with E-state index >= 15 is 0 Å². The van der Waals surface area contributed by atoms with Crippen molar-refractivity contribution < 1.29 is 14.3 Å². The predicted octanol–water partition coefficient (Wildman–Crippen LogP) is 2.14. The summed E-state index contributed by atoms with van der Waals surface area (Å²) in [5.74, 6) is 0.432. The molecule has 2 fully saturated rings. The highest BCUT2D eigenvalue weighted by Crippen LogP contribution is 2.40. The van der Waals surface area contributed by atoms with Gasteiger partial charge in [-0.2, -0.15) is 0 Å². The fraction of sp³-hybridized carbons (Fsp3) is 0.917. The van der Waals surface area contributed by atoms with Gasteiger partial charge in [0.15, 0.2) is 0 Å². The van der Waals surface area contributed by atoms with E-state index in [2.05, 4.69) is 0 Å². The Bertz CT molecular complexity index is 239. The van der Waals surface area contributed by atoms with Gasteiger partial charge in [0.1, 0.15) is 0 Å². The van der Waals surface area contributed by atoms with Gasteiger partial charge in [-0.05, 0) is 19.3 Å². The lowest BCUT2D eigenvalue weighted by Crippen LogP contribution is -2.25. The van der Waals surface area contributed by atoms with Crippen LogP contribution in [0.25, 0.3) is 0 Å². The fourth-order valence-electron chi connectivity index (χ4n) is 2.23. The largest absolute Gasteiger partial charge is 0.465 e. The number of esters is 1. The standard InChI is InChI=1S/C12H20O3/c1-3-8(2)12(13)14-7-9-5-4-6-10-11(9)15-10/h8-11H,3-7H2,1-2H3. The van der Waals surface area contributed by atoms with Crippen molar-refractivity contribution >= 4 is 5.97 Å². The highest BCUT2D eigenvalue weighted by molar-refractivity contribution is 5.71. The average molecular weight is 212 g/mol. The molecule has 0 bridgehead atoms. The number of carbonyl (C=O) groups excluding carboxylic acids is 1. The van der Waals surface area contributed by atoms with E-state index in [0.717, 1.165) is 12.8 Å². The van der Waals surface area contributed by atoms with Crippen molar-refractivity contribution in [3.8, 4) is 0 Å². The van der Waals surface area contributed by atoms with Gasteiger partial charge < -0.3 is 9.47 Å². The van der Waals surface area contributed by atoms with E-state index in [1.54, 1.807) is 0 Å². The van der Waals surface area contributed by atoms with Crippen LogP contribution in [-0.2, 0) is 14.3 Å². The minimum absolute atomic E-state index is 0.0320. The molecule has 0 aromatic carbocycles. The Morgan fingerprint density at radius 1 is 1.53 bits per heavy atom. The molecule has 1 saturated carbocycles. The van der Waals surface area contributed by atoms with Crippen LogP contribution >= 0.6 is 0 Å². The zero-order valence-corrected chi connectivity index (χ0v) is 9.57. The summed E-state index contributed by atoms with van der Waals surface area (Å²) in [6.45, 7) is 4.48. The number of hydrogen-bond acceptors (Lipinski definition) is 3. The lowest BCUT2D eigenvalue weighted by Gasteiger charge is -2.18. The molecule has 1 aliphatic carbocycles. The van der Waals surface area contributed by atoms with Gasteiger partial charge in [0.2, 0.25) is 0 Å². The molecule has 1 saturated heterocycles. The average Bonchev–Trinajstić information content (AvgIpc) is 3.03. The van der Waals surface area contributed by atoms with Crippen LogP contribution in [0.3, 0.4) is 0 Å². The van der Waals surface area contributed by atoms with Gasteiger partial charge in [-0.25, -0.2) is 0 Å². The number of epoxide rings is 1. The third-order valence-electron chi connectivity index (χ3n) is 3.60. The van der Waals surface area contributed by atoms with Gasteiger partial charge in [-0.3, -0.25) is 4.79 Å². The number of carbonyl (C=O) groups is 1. The van der Waals surface area contributed by atoms with Gasteiger partial charge >= 0.3 is 5.97 Å². The molecule has 86 valence electrons. The van der Waals surface area contributed by atoms with Gasteiger partial charge in [0, 0.05) is 5.92 Å². The molecule has 0 spiro atoms. The summed E-state index contributed by atoms with van der Waals surface area (Å²) in [4.78, 5) is 11.5. The van der Waals surface area contributed by atoms with Crippen LogP contribution in [0.1, 0.15) is 39.5 Å². The maximum absolute atomic E-state index is 11.5. The van der Waals surface area contributed by atoms with E-state index in [1.807, 2.05) is 13.8 Å². The first-order chi connectivity index (χ1) is 7.22. The third kappa shape index (κ3) is 2.51. The topological polar surface area (TPSA) is 38.8 Å². The van der Waals surface area contributed by atoms with Crippen molar-refractivity contribution in [2.45, 2.75) is 51.7 Å². The van der Waals surface area contributed by atoms with Crippen LogP contribution in [0, 0.1) is 11.8 Å². The van der Waals surface area contributed by atoms with E-state index in [4.69, 9.17) is 9.47 Å². The summed E-state index contributed by atoms with van der Waals surface area (Å²) in [6, 6.07) is 0. The van der Waals surface area contributed by atoms with Crippen LogP contribution in [-0.4, -0.2) is 24.8 Å². The fourth-order valence-corrected chi connectivity index (χ4v) is 2.23. The summed E-state index contributed by atoms with van der Waals surface area (Å²) in [5.41, 5.74) is 0. The van der Waals surface area contributed by atoms with E-state index < -0.39 is 0 Å². The molecule has 2 rings (SSSR count). The van der Waals surface area contributed by atoms with Gasteiger partial charge in [-0.15, -0.1) is 0 Å². The molecule has 3 nitrogen and oxygen atoms in total. The van der Waals surface area contributed by atoms with E-state index in [0.29, 0.717) is 24.7 Å². The van der Waals surface area contributed by atoms with Gasteiger partial charge in [-0.1, -0.05) is 20.3 Å². The first kappa shape index (κ1) is 10.9. The first-order valence-corrected chi connectivity index (χ1v) is 6.04. The van der Waals surface area contributed by atoms with Crippen LogP contribution < -0.4 is 0 Å². The van der Waals surface area contributed by atoms with Crippen LogP contribution in [0.2, 0.25) is 0 Å². The lowest BCUT2D eigenvalue weighted by atomic mass is 9.90. The molecule has 0 N–H and O–H groups in total. The van der Waals surface area contributed by atoms with Crippen molar-refractivity contribution in [3.05, 3.63) is 0 Å². The third-order valence-corrected chi connectivity index (χ3v) is 3.60. The molecular formula is C12H20O3. The molecule has 0 aromatic rings. The second-order valence-corrected chi connectivity index (χ2v) is 4.77. The minimum Gasteiger partial charge on any atom is -0.465 e. The summed E-state index contributed by atoms with van der Waals surface area (Å²) >= 11 is 0. The molecule has 4 atom stereocenters. The Labute approximate surface area is 91.1 Å². The monoisotopic (exact) mass is 212 g/mol. The Kier molecular flexibility index (Phi) is 3.29. The molecule has 0 amide bonds. The maximum Gasteiger partial charge on any atom is 0.308 e. The number of fused-ring (bicyclic) bond motifs is 1. The zero-order valence-electron chi connectivity index (χ0n) is 9.57. The van der Waals surface area contributed by atoms with Crippen LogP contribution in [0.5, 0.6) is 0 Å². The summed E-state index contributed by atoms with van der Waals surface area (Å²) in [5, 5.41) is 0. The predicted molar refractivity (Wildman–Crippen MR) is 56.4 cm³/mol. The van der Waals surface area contributed by atoms with Crippen LogP contribution in [0.4, 0.5) is 0 Å². The normalized spacial score (nSPS) is 35.5. The quantitative estimate of drug-likeness (QED) is 0.529. The minimum atomic E-state index is -0.0553. The SMILES string of the molecule is CCC(C)C(=O)OCC1CCCC2OC12. The number of ether oxygens (including phenoxy) is 2. The van der Waals surface area contributed by atoms with Crippen molar-refractivity contribution in [3.63, 3.8) is 0 Å². The number of hydrogen-bond donors (Lipinski definition) is 0. The molecule has 0 aromatic heterocycles. The lowest BCUT2D eigenvalue weighted by molar-refractivity contribution is -0.149. The van der Waals surface area contributed by atoms with Crippen molar-refractivity contribution in [1.82, 2.24) is 0 Å². The summed E-state index contributed by atoms with van der Waals surface area (Å²) in [7, 11) is 0. The zero-order chi connectivity index (χ0) is 10.8. The Hall–Kier alpha value is -0.570. The van der Waals surface area contributed by atoms with E-state index in [9.17, 15) is 4.79 Å². The van der Waals surface area contributed by atoms with E-state index in [1.165, 1.54) is 12.8 Å². The Balaban J connectivity index is 1.71. The second-order valence-electron chi connectivity index (χ2n) is 4.77. The maximum atomic E-state index is 11.5. The molecule has 1 aliphatic heterocycles. The molecule has 3 heteroatoms. The highest BCUT2D eigenvalue weighted by atomic mass is 16.6. The summed E-state index contributed by atoms with van der Waals surface area (Å²) in [6.07, 6.45) is 5.28. The van der Waals surface area contributed by atoms with Gasteiger partial charge in [0.05, 0.1) is 24.7 Å². The molecule has 4 unspecified atom stereocenters. The van der Waals surface area contributed by atoms with Crippen molar-refractivity contribution in [2.75, 3.05) is 6.61 Å². The molecular weight excluding hydrogens is 192 g/mol. The Morgan fingerprint density at radius 3 is 3.07 bits per heavy atom. The number of rotatable bonds is 4. The van der Waals surface area contributed by atoms with Crippen molar-refractivity contribution in [2.24, 2.45) is 11.8 Å². The molecule has 15 heavy (non-hydrogen) atoms. The highest BCUT2D eigenvalue weighted by Gasteiger charge is 2.47. The molecule has 0 radical (unpaired) electrons. The molecule has 1 heterocycles.